The van der Waals surface area contributed by atoms with Crippen LogP contribution in [0.25, 0.3) is 0 Å². The Balaban J connectivity index is 0. The van der Waals surface area contributed by atoms with Gasteiger partial charge >= 0.3 is 11.9 Å². The third-order valence-electron chi connectivity index (χ3n) is 6.30. The van der Waals surface area contributed by atoms with Gasteiger partial charge in [0.2, 0.25) is 0 Å². The van der Waals surface area contributed by atoms with Crippen molar-refractivity contribution in [1.29, 1.82) is 0 Å². The molecular weight excluding hydrogens is 430 g/mol. The first-order valence-corrected chi connectivity index (χ1v) is 14.2. The van der Waals surface area contributed by atoms with Crippen LogP contribution in [0.4, 0.5) is 0 Å². The van der Waals surface area contributed by atoms with Crippen LogP contribution in [0.3, 0.4) is 0 Å². The molecule has 0 spiro atoms. The molecule has 0 heterocycles. The molecule has 34 heavy (non-hydrogen) atoms. The molecule has 0 aliphatic carbocycles. The number of carbonyl (C=O) groups is 2. The first-order valence-electron chi connectivity index (χ1n) is 14.2. The number of carboxylic acids is 2. The van der Waals surface area contributed by atoms with E-state index in [1.807, 2.05) is 0 Å². The standard InChI is InChI=1S/C24H48O2.C4H9NO3/c1-2-3-4-5-6-7-8-9-10-11-12-13-14-15-16-17-18-19-20-21-22-23-24(25)26;1-2(6)3(5)4(7)8/h2-23H2,1H3,(H,25,26);2-3,6H,5H2,1H3,(H,7,8). The van der Waals surface area contributed by atoms with E-state index >= 15 is 0 Å². The Morgan fingerprint density at radius 2 is 0.853 bits per heavy atom. The minimum absolute atomic E-state index is 0.346. The molecule has 0 aromatic heterocycles. The fourth-order valence-electron chi connectivity index (χ4n) is 3.91. The zero-order chi connectivity index (χ0) is 25.9. The summed E-state index contributed by atoms with van der Waals surface area (Å²) in [5, 5.41) is 25.1. The van der Waals surface area contributed by atoms with Crippen molar-refractivity contribution < 1.29 is 24.9 Å². The SMILES string of the molecule is CC(O)C(N)C(=O)O.CCCCCCCCCCCCCCCCCCCCCCCC(=O)O. The second-order valence-corrected chi connectivity index (χ2v) is 9.82. The summed E-state index contributed by atoms with van der Waals surface area (Å²) in [5.41, 5.74) is 4.91. The molecule has 5 N–H and O–H groups in total. The smallest absolute Gasteiger partial charge is 0.323 e. The van der Waals surface area contributed by atoms with Crippen molar-refractivity contribution in [2.24, 2.45) is 5.73 Å². The van der Waals surface area contributed by atoms with Crippen LogP contribution < -0.4 is 5.73 Å². The van der Waals surface area contributed by atoms with E-state index in [2.05, 4.69) is 6.92 Å². The number of unbranched alkanes of at least 4 members (excludes halogenated alkanes) is 20. The van der Waals surface area contributed by atoms with Crippen LogP contribution >= 0.6 is 0 Å². The lowest BCUT2D eigenvalue weighted by Gasteiger charge is -2.06. The number of aliphatic hydroxyl groups is 1. The Kier molecular flexibility index (Phi) is 28.9. The second kappa shape index (κ2) is 28.1. The molecule has 2 unspecified atom stereocenters. The molecule has 2 atom stereocenters. The van der Waals surface area contributed by atoms with Crippen molar-refractivity contribution >= 4 is 11.9 Å². The van der Waals surface area contributed by atoms with Gasteiger partial charge in [-0.1, -0.05) is 135 Å². The van der Waals surface area contributed by atoms with E-state index in [1.165, 1.54) is 129 Å². The van der Waals surface area contributed by atoms with E-state index in [4.69, 9.17) is 21.1 Å². The molecule has 0 saturated heterocycles. The number of hydrogen-bond donors (Lipinski definition) is 4. The van der Waals surface area contributed by atoms with Gasteiger partial charge in [0.05, 0.1) is 6.10 Å². The Morgan fingerprint density at radius 1 is 0.588 bits per heavy atom. The lowest BCUT2D eigenvalue weighted by atomic mass is 10.0. The van der Waals surface area contributed by atoms with E-state index in [9.17, 15) is 9.59 Å². The summed E-state index contributed by atoms with van der Waals surface area (Å²) in [5.74, 6) is -1.83. The molecule has 0 fully saturated rings. The van der Waals surface area contributed by atoms with Gasteiger partial charge < -0.3 is 21.1 Å². The van der Waals surface area contributed by atoms with Gasteiger partial charge in [0.15, 0.2) is 0 Å². The van der Waals surface area contributed by atoms with Crippen molar-refractivity contribution in [2.45, 2.75) is 167 Å². The average molecular weight is 488 g/mol. The number of carboxylic acid groups (broad SMARTS) is 2. The third kappa shape index (κ3) is 30.9. The monoisotopic (exact) mass is 487 g/mol. The van der Waals surface area contributed by atoms with Crippen LogP contribution in [0, 0.1) is 0 Å². The van der Waals surface area contributed by atoms with Gasteiger partial charge in [-0.15, -0.1) is 0 Å². The molecule has 0 aliphatic rings. The van der Waals surface area contributed by atoms with Crippen LogP contribution in [-0.4, -0.2) is 39.4 Å². The molecule has 0 rings (SSSR count). The molecule has 0 aromatic carbocycles. The Hall–Kier alpha value is -1.14. The largest absolute Gasteiger partial charge is 0.481 e. The van der Waals surface area contributed by atoms with Gasteiger partial charge in [-0.25, -0.2) is 0 Å². The number of aliphatic carboxylic acids is 2. The maximum Gasteiger partial charge on any atom is 0.323 e. The van der Waals surface area contributed by atoms with Gasteiger partial charge in [-0.05, 0) is 13.3 Å². The summed E-state index contributed by atoms with van der Waals surface area (Å²) in [6.45, 7) is 3.62. The summed E-state index contributed by atoms with van der Waals surface area (Å²) in [6.07, 6.45) is 28.1. The average Bonchev–Trinajstić information content (AvgIpc) is 2.79. The molecule has 0 aromatic rings. The maximum absolute atomic E-state index is 10.4. The summed E-state index contributed by atoms with van der Waals surface area (Å²) in [4.78, 5) is 20.3. The van der Waals surface area contributed by atoms with E-state index in [0.29, 0.717) is 6.42 Å². The lowest BCUT2D eigenvalue weighted by Crippen LogP contribution is -2.39. The van der Waals surface area contributed by atoms with Gasteiger partial charge in [-0.2, -0.15) is 0 Å². The Labute approximate surface area is 210 Å². The number of hydrogen-bond acceptors (Lipinski definition) is 4. The molecule has 0 radical (unpaired) electrons. The molecule has 0 bridgehead atoms. The number of nitrogens with two attached hydrogens (primary N) is 1. The van der Waals surface area contributed by atoms with Crippen molar-refractivity contribution in [1.82, 2.24) is 0 Å². The van der Waals surface area contributed by atoms with E-state index in [1.54, 1.807) is 0 Å². The van der Waals surface area contributed by atoms with E-state index < -0.39 is 24.1 Å². The van der Waals surface area contributed by atoms with Crippen molar-refractivity contribution in [2.75, 3.05) is 0 Å². The Morgan fingerprint density at radius 3 is 1.03 bits per heavy atom. The molecule has 6 heteroatoms. The highest BCUT2D eigenvalue weighted by atomic mass is 16.4. The normalized spacial score (nSPS) is 12.6. The highest BCUT2D eigenvalue weighted by Crippen LogP contribution is 2.15. The summed E-state index contributed by atoms with van der Waals surface area (Å²) >= 11 is 0. The van der Waals surface area contributed by atoms with Gasteiger partial charge in [0.1, 0.15) is 6.04 Å². The van der Waals surface area contributed by atoms with Crippen LogP contribution in [-0.2, 0) is 9.59 Å². The van der Waals surface area contributed by atoms with Crippen molar-refractivity contribution in [3.63, 3.8) is 0 Å². The third-order valence-corrected chi connectivity index (χ3v) is 6.30. The van der Waals surface area contributed by atoms with Crippen LogP contribution in [0.5, 0.6) is 0 Å². The highest BCUT2D eigenvalue weighted by Gasteiger charge is 2.16. The summed E-state index contributed by atoms with van der Waals surface area (Å²) in [6, 6.07) is -1.16. The topological polar surface area (TPSA) is 121 Å². The zero-order valence-corrected chi connectivity index (χ0v) is 22.4. The predicted molar refractivity (Wildman–Crippen MR) is 142 cm³/mol. The molecule has 0 aliphatic heterocycles. The Bertz CT molecular complexity index is 443. The van der Waals surface area contributed by atoms with Gasteiger partial charge in [0.25, 0.3) is 0 Å². The molecule has 0 saturated carbocycles. The van der Waals surface area contributed by atoms with Crippen LogP contribution in [0.15, 0.2) is 0 Å². The number of rotatable bonds is 24. The van der Waals surface area contributed by atoms with Crippen LogP contribution in [0.1, 0.15) is 155 Å². The zero-order valence-electron chi connectivity index (χ0n) is 22.4. The molecule has 204 valence electrons. The maximum atomic E-state index is 10.4. The molecule has 6 nitrogen and oxygen atoms in total. The van der Waals surface area contributed by atoms with E-state index in [0.717, 1.165) is 12.8 Å². The number of aliphatic hydroxyl groups excluding tert-OH is 1. The minimum atomic E-state index is -1.18. The predicted octanol–water partition coefficient (Wildman–Crippen LogP) is 7.45. The molecular formula is C28H57NO5. The minimum Gasteiger partial charge on any atom is -0.481 e. The van der Waals surface area contributed by atoms with Crippen molar-refractivity contribution in [3.05, 3.63) is 0 Å². The lowest BCUT2D eigenvalue weighted by molar-refractivity contribution is -0.141. The first kappa shape index (κ1) is 35.0. The first-order chi connectivity index (χ1) is 16.3. The van der Waals surface area contributed by atoms with Gasteiger partial charge in [0, 0.05) is 6.42 Å². The fourth-order valence-corrected chi connectivity index (χ4v) is 3.91. The van der Waals surface area contributed by atoms with Crippen molar-refractivity contribution in [3.8, 4) is 0 Å². The fraction of sp³-hybridized carbons (Fsp3) is 0.929. The second-order valence-electron chi connectivity index (χ2n) is 9.82. The van der Waals surface area contributed by atoms with Gasteiger partial charge in [-0.3, -0.25) is 9.59 Å². The summed E-state index contributed by atoms with van der Waals surface area (Å²) < 4.78 is 0. The van der Waals surface area contributed by atoms with E-state index in [-0.39, 0.29) is 0 Å². The quantitative estimate of drug-likeness (QED) is 0.105. The molecule has 0 amide bonds. The van der Waals surface area contributed by atoms with Crippen LogP contribution in [0.2, 0.25) is 0 Å². The highest BCUT2D eigenvalue weighted by molar-refractivity contribution is 5.73. The summed E-state index contributed by atoms with van der Waals surface area (Å²) in [7, 11) is 0.